The second-order valence-corrected chi connectivity index (χ2v) is 6.41. The molecule has 2 aliphatic rings. The zero-order valence-corrected chi connectivity index (χ0v) is 11.7. The second-order valence-electron chi connectivity index (χ2n) is 5.24. The standard InChI is InChI=1S/C12H19N5OS/c18-11-10(7-3-4-8-13-11)19-12-14-15-16-17(12)9-5-1-2-6-9/h9-10H,1-8H2,(H,13,18)/t10-/m1/s1. The number of carbonyl (C=O) groups excluding carboxylic acids is 1. The summed E-state index contributed by atoms with van der Waals surface area (Å²) in [4.78, 5) is 12.0. The molecule has 1 aromatic heterocycles. The van der Waals surface area contributed by atoms with Gasteiger partial charge in [0.1, 0.15) is 0 Å². The molecule has 0 spiro atoms. The largest absolute Gasteiger partial charge is 0.355 e. The lowest BCUT2D eigenvalue weighted by Crippen LogP contribution is -2.31. The van der Waals surface area contributed by atoms with Gasteiger partial charge in [-0.3, -0.25) is 4.79 Å². The van der Waals surface area contributed by atoms with Crippen LogP contribution in [0.3, 0.4) is 0 Å². The van der Waals surface area contributed by atoms with E-state index in [2.05, 4.69) is 20.8 Å². The first kappa shape index (κ1) is 12.9. The van der Waals surface area contributed by atoms with Gasteiger partial charge in [0.15, 0.2) is 0 Å². The molecule has 1 aliphatic carbocycles. The Morgan fingerprint density at radius 1 is 1.16 bits per heavy atom. The summed E-state index contributed by atoms with van der Waals surface area (Å²) in [6.07, 6.45) is 7.85. The maximum absolute atomic E-state index is 12.0. The number of amides is 1. The number of rotatable bonds is 3. The molecule has 1 aliphatic heterocycles. The average Bonchev–Trinajstić information content (AvgIpc) is 3.03. The SMILES string of the molecule is O=C1NCCCC[C@H]1Sc1nnnn1C1CCCC1. The minimum absolute atomic E-state index is 0.0475. The van der Waals surface area contributed by atoms with Crippen LogP contribution in [0, 0.1) is 0 Å². The van der Waals surface area contributed by atoms with Gasteiger partial charge in [0.2, 0.25) is 11.1 Å². The van der Waals surface area contributed by atoms with E-state index in [-0.39, 0.29) is 11.2 Å². The molecule has 3 rings (SSSR count). The van der Waals surface area contributed by atoms with Gasteiger partial charge in [-0.15, -0.1) is 5.10 Å². The summed E-state index contributed by atoms with van der Waals surface area (Å²) in [5.41, 5.74) is 0. The van der Waals surface area contributed by atoms with E-state index in [4.69, 9.17) is 0 Å². The lowest BCUT2D eigenvalue weighted by Gasteiger charge is -2.14. The average molecular weight is 281 g/mol. The van der Waals surface area contributed by atoms with Gasteiger partial charge in [0.05, 0.1) is 11.3 Å². The molecule has 6 nitrogen and oxygen atoms in total. The third-order valence-corrected chi connectivity index (χ3v) is 5.08. The van der Waals surface area contributed by atoms with E-state index in [1.165, 1.54) is 24.6 Å². The zero-order chi connectivity index (χ0) is 13.1. The Kier molecular flexibility index (Phi) is 4.00. The Morgan fingerprint density at radius 3 is 2.79 bits per heavy atom. The number of nitrogens with one attached hydrogen (secondary N) is 1. The van der Waals surface area contributed by atoms with Crippen molar-refractivity contribution >= 4 is 17.7 Å². The Hall–Kier alpha value is -1.11. The molecule has 1 atom stereocenters. The maximum atomic E-state index is 12.0. The highest BCUT2D eigenvalue weighted by Gasteiger charge is 2.27. The first-order chi connectivity index (χ1) is 9.34. The summed E-state index contributed by atoms with van der Waals surface area (Å²) in [5, 5.41) is 15.7. The highest BCUT2D eigenvalue weighted by molar-refractivity contribution is 8.00. The van der Waals surface area contributed by atoms with Gasteiger partial charge in [0.25, 0.3) is 0 Å². The maximum Gasteiger partial charge on any atom is 0.233 e. The Labute approximate surface area is 116 Å². The molecule has 2 heterocycles. The number of hydrogen-bond acceptors (Lipinski definition) is 5. The number of hydrogen-bond donors (Lipinski definition) is 1. The molecular formula is C12H19N5OS. The molecule has 104 valence electrons. The molecule has 1 aromatic rings. The van der Waals surface area contributed by atoms with E-state index in [9.17, 15) is 4.79 Å². The van der Waals surface area contributed by atoms with Crippen LogP contribution in [0.4, 0.5) is 0 Å². The summed E-state index contributed by atoms with van der Waals surface area (Å²) in [6, 6.07) is 0.423. The van der Waals surface area contributed by atoms with E-state index in [1.54, 1.807) is 0 Å². The van der Waals surface area contributed by atoms with Crippen molar-refractivity contribution < 1.29 is 4.79 Å². The molecule has 7 heteroatoms. The van der Waals surface area contributed by atoms with E-state index < -0.39 is 0 Å². The van der Waals surface area contributed by atoms with Crippen LogP contribution in [0.25, 0.3) is 0 Å². The Balaban J connectivity index is 1.71. The van der Waals surface area contributed by atoms with Gasteiger partial charge in [-0.2, -0.15) is 0 Å². The fraction of sp³-hybridized carbons (Fsp3) is 0.833. The van der Waals surface area contributed by atoms with Crippen LogP contribution in [0.15, 0.2) is 5.16 Å². The van der Waals surface area contributed by atoms with Crippen molar-refractivity contribution in [2.24, 2.45) is 0 Å². The summed E-state index contributed by atoms with van der Waals surface area (Å²) in [7, 11) is 0. The summed E-state index contributed by atoms with van der Waals surface area (Å²) in [5.74, 6) is 0.128. The van der Waals surface area contributed by atoms with Gasteiger partial charge in [-0.25, -0.2) is 4.68 Å². The van der Waals surface area contributed by atoms with Crippen LogP contribution in [-0.4, -0.2) is 37.9 Å². The molecule has 0 bridgehead atoms. The van der Waals surface area contributed by atoms with Crippen LogP contribution in [0.5, 0.6) is 0 Å². The van der Waals surface area contributed by atoms with E-state index in [0.717, 1.165) is 43.8 Å². The van der Waals surface area contributed by atoms with Crippen molar-refractivity contribution in [1.82, 2.24) is 25.5 Å². The van der Waals surface area contributed by atoms with Gasteiger partial charge in [0, 0.05) is 6.54 Å². The van der Waals surface area contributed by atoms with Crippen LogP contribution in [0.2, 0.25) is 0 Å². The van der Waals surface area contributed by atoms with Gasteiger partial charge >= 0.3 is 0 Å². The molecule has 1 saturated heterocycles. The molecule has 0 radical (unpaired) electrons. The normalized spacial score (nSPS) is 25.3. The van der Waals surface area contributed by atoms with Crippen molar-refractivity contribution in [1.29, 1.82) is 0 Å². The number of carbonyl (C=O) groups is 1. The highest BCUT2D eigenvalue weighted by Crippen LogP contribution is 2.33. The van der Waals surface area contributed by atoms with Crippen molar-refractivity contribution in [2.75, 3.05) is 6.54 Å². The summed E-state index contributed by atoms with van der Waals surface area (Å²) >= 11 is 1.52. The van der Waals surface area contributed by atoms with Gasteiger partial charge in [-0.05, 0) is 36.1 Å². The van der Waals surface area contributed by atoms with Gasteiger partial charge < -0.3 is 5.32 Å². The minimum Gasteiger partial charge on any atom is -0.355 e. The summed E-state index contributed by atoms with van der Waals surface area (Å²) < 4.78 is 1.93. The lowest BCUT2D eigenvalue weighted by molar-refractivity contribution is -0.120. The number of aromatic nitrogens is 4. The number of thioether (sulfide) groups is 1. The summed E-state index contributed by atoms with van der Waals surface area (Å²) in [6.45, 7) is 0.795. The predicted molar refractivity (Wildman–Crippen MR) is 71.8 cm³/mol. The molecule has 1 N–H and O–H groups in total. The lowest BCUT2D eigenvalue weighted by atomic mass is 10.2. The fourth-order valence-corrected chi connectivity index (χ4v) is 3.90. The highest BCUT2D eigenvalue weighted by atomic mass is 32.2. The van der Waals surface area contributed by atoms with Gasteiger partial charge in [-0.1, -0.05) is 31.0 Å². The smallest absolute Gasteiger partial charge is 0.233 e. The first-order valence-corrected chi connectivity index (χ1v) is 7.95. The third kappa shape index (κ3) is 2.91. The number of tetrazole rings is 1. The molecular weight excluding hydrogens is 262 g/mol. The van der Waals surface area contributed by atoms with E-state index >= 15 is 0 Å². The quantitative estimate of drug-likeness (QED) is 0.910. The molecule has 0 unspecified atom stereocenters. The van der Waals surface area contributed by atoms with Crippen molar-refractivity contribution in [2.45, 2.75) is 61.4 Å². The van der Waals surface area contributed by atoms with Crippen molar-refractivity contribution in [3.63, 3.8) is 0 Å². The van der Waals surface area contributed by atoms with Crippen molar-refractivity contribution in [3.05, 3.63) is 0 Å². The predicted octanol–water partition coefficient (Wildman–Crippen LogP) is 1.55. The monoisotopic (exact) mass is 281 g/mol. The molecule has 1 amide bonds. The molecule has 0 aromatic carbocycles. The Bertz CT molecular complexity index is 443. The fourth-order valence-electron chi connectivity index (χ4n) is 2.79. The van der Waals surface area contributed by atoms with Crippen LogP contribution < -0.4 is 5.32 Å². The van der Waals surface area contributed by atoms with Crippen LogP contribution >= 0.6 is 11.8 Å². The van der Waals surface area contributed by atoms with Crippen LogP contribution in [0.1, 0.15) is 51.0 Å². The van der Waals surface area contributed by atoms with Crippen molar-refractivity contribution in [3.8, 4) is 0 Å². The van der Waals surface area contributed by atoms with E-state index in [1.807, 2.05) is 4.68 Å². The molecule has 19 heavy (non-hydrogen) atoms. The van der Waals surface area contributed by atoms with Crippen LogP contribution in [-0.2, 0) is 4.79 Å². The van der Waals surface area contributed by atoms with E-state index in [0.29, 0.717) is 6.04 Å². The Morgan fingerprint density at radius 2 is 1.95 bits per heavy atom. The zero-order valence-electron chi connectivity index (χ0n) is 10.9. The molecule has 1 saturated carbocycles. The molecule has 2 fully saturated rings. The number of nitrogens with zero attached hydrogens (tertiary/aromatic N) is 4. The minimum atomic E-state index is -0.0475. The first-order valence-electron chi connectivity index (χ1n) is 7.07. The third-order valence-electron chi connectivity index (χ3n) is 3.87. The second kappa shape index (κ2) is 5.90. The topological polar surface area (TPSA) is 72.7 Å².